The van der Waals surface area contributed by atoms with Gasteiger partial charge in [-0.25, -0.2) is 18.5 Å². The Morgan fingerprint density at radius 1 is 1.56 bits per heavy atom. The average molecular weight is 308 g/mol. The van der Waals surface area contributed by atoms with Crippen LogP contribution >= 0.6 is 15.9 Å². The number of sulfonamides is 1. The standard InChI is InChI=1S/C8H10BrN3O3S/c9-7-6(2-1-3-11-7)8(13)12-4-5-16(10,14)15/h1-3H,4-5H2,(H,12,13)(H2,10,14,15). The Labute approximate surface area is 101 Å². The highest BCUT2D eigenvalue weighted by Crippen LogP contribution is 2.11. The number of nitrogens with one attached hydrogen (secondary N) is 1. The first kappa shape index (κ1) is 13.1. The van der Waals surface area contributed by atoms with E-state index in [4.69, 9.17) is 5.14 Å². The topological polar surface area (TPSA) is 102 Å². The first-order valence-corrected chi connectivity index (χ1v) is 6.80. The second-order valence-corrected chi connectivity index (χ2v) is 5.45. The fourth-order valence-electron chi connectivity index (χ4n) is 0.957. The molecule has 0 unspecified atom stereocenters. The molecule has 0 aromatic carbocycles. The van der Waals surface area contributed by atoms with E-state index in [1.54, 1.807) is 12.1 Å². The third kappa shape index (κ3) is 4.25. The molecular formula is C8H10BrN3O3S. The summed E-state index contributed by atoms with van der Waals surface area (Å²) >= 11 is 3.11. The van der Waals surface area contributed by atoms with Crippen LogP contribution in [-0.4, -0.2) is 31.6 Å². The summed E-state index contributed by atoms with van der Waals surface area (Å²) in [5.74, 6) is -0.694. The van der Waals surface area contributed by atoms with Crippen LogP contribution < -0.4 is 10.5 Å². The van der Waals surface area contributed by atoms with Gasteiger partial charge in [-0.05, 0) is 28.1 Å². The van der Waals surface area contributed by atoms with Crippen molar-refractivity contribution in [2.45, 2.75) is 0 Å². The number of carbonyl (C=O) groups excluding carboxylic acids is 1. The molecule has 1 aromatic rings. The van der Waals surface area contributed by atoms with Crippen LogP contribution in [0.15, 0.2) is 22.9 Å². The lowest BCUT2D eigenvalue weighted by atomic mass is 10.3. The van der Waals surface area contributed by atoms with Crippen LogP contribution in [0.3, 0.4) is 0 Å². The van der Waals surface area contributed by atoms with E-state index in [2.05, 4.69) is 26.2 Å². The minimum absolute atomic E-state index is 0.0288. The summed E-state index contributed by atoms with van der Waals surface area (Å²) in [5, 5.41) is 7.22. The van der Waals surface area contributed by atoms with Crippen molar-refractivity contribution >= 4 is 31.9 Å². The molecular weight excluding hydrogens is 298 g/mol. The minimum atomic E-state index is -3.55. The van der Waals surface area contributed by atoms with Crippen LogP contribution in [0.1, 0.15) is 10.4 Å². The molecule has 1 amide bonds. The van der Waals surface area contributed by atoms with Gasteiger partial charge in [0.05, 0.1) is 11.3 Å². The number of primary sulfonamides is 1. The summed E-state index contributed by atoms with van der Waals surface area (Å²) in [4.78, 5) is 15.4. The number of hydrogen-bond donors (Lipinski definition) is 2. The Balaban J connectivity index is 2.57. The molecule has 6 nitrogen and oxygen atoms in total. The van der Waals surface area contributed by atoms with E-state index in [0.29, 0.717) is 10.2 Å². The van der Waals surface area contributed by atoms with Crippen molar-refractivity contribution in [3.8, 4) is 0 Å². The molecule has 0 aliphatic carbocycles. The van der Waals surface area contributed by atoms with Crippen LogP contribution in [0.2, 0.25) is 0 Å². The summed E-state index contributed by atoms with van der Waals surface area (Å²) < 4.78 is 21.6. The lowest BCUT2D eigenvalue weighted by Crippen LogP contribution is -2.31. The zero-order valence-electron chi connectivity index (χ0n) is 8.18. The molecule has 1 aromatic heterocycles. The number of carbonyl (C=O) groups is 1. The van der Waals surface area contributed by atoms with E-state index in [9.17, 15) is 13.2 Å². The molecule has 0 atom stereocenters. The molecule has 0 fully saturated rings. The van der Waals surface area contributed by atoms with Gasteiger partial charge in [0, 0.05) is 12.7 Å². The van der Waals surface area contributed by atoms with Crippen molar-refractivity contribution < 1.29 is 13.2 Å². The predicted octanol–water partition coefficient (Wildman–Crippen LogP) is -0.138. The molecule has 1 heterocycles. The van der Waals surface area contributed by atoms with E-state index in [1.807, 2.05) is 0 Å². The lowest BCUT2D eigenvalue weighted by molar-refractivity contribution is 0.0955. The maximum absolute atomic E-state index is 11.5. The van der Waals surface area contributed by atoms with Crippen molar-refractivity contribution in [3.05, 3.63) is 28.5 Å². The van der Waals surface area contributed by atoms with Crippen molar-refractivity contribution in [3.63, 3.8) is 0 Å². The molecule has 16 heavy (non-hydrogen) atoms. The smallest absolute Gasteiger partial charge is 0.254 e. The number of hydrogen-bond acceptors (Lipinski definition) is 4. The molecule has 3 N–H and O–H groups in total. The Morgan fingerprint density at radius 2 is 2.25 bits per heavy atom. The molecule has 0 aliphatic heterocycles. The van der Waals surface area contributed by atoms with Crippen LogP contribution in [0.25, 0.3) is 0 Å². The van der Waals surface area contributed by atoms with Gasteiger partial charge in [-0.3, -0.25) is 4.79 Å². The largest absolute Gasteiger partial charge is 0.351 e. The summed E-state index contributed by atoms with van der Waals surface area (Å²) in [6.45, 7) is -0.0288. The first-order chi connectivity index (χ1) is 7.40. The zero-order chi connectivity index (χ0) is 12.2. The monoisotopic (exact) mass is 307 g/mol. The maximum atomic E-state index is 11.5. The van der Waals surface area contributed by atoms with Crippen molar-refractivity contribution in [1.82, 2.24) is 10.3 Å². The number of aromatic nitrogens is 1. The Morgan fingerprint density at radius 3 is 2.81 bits per heavy atom. The summed E-state index contributed by atoms with van der Waals surface area (Å²) in [7, 11) is -3.55. The highest BCUT2D eigenvalue weighted by molar-refractivity contribution is 9.10. The van der Waals surface area contributed by atoms with E-state index in [1.165, 1.54) is 6.20 Å². The van der Waals surface area contributed by atoms with Gasteiger partial charge in [-0.1, -0.05) is 0 Å². The van der Waals surface area contributed by atoms with E-state index in [-0.39, 0.29) is 12.3 Å². The van der Waals surface area contributed by atoms with Crippen molar-refractivity contribution in [2.75, 3.05) is 12.3 Å². The molecule has 0 aliphatic rings. The second kappa shape index (κ2) is 5.37. The number of nitrogens with zero attached hydrogens (tertiary/aromatic N) is 1. The average Bonchev–Trinajstić information content (AvgIpc) is 2.16. The van der Waals surface area contributed by atoms with Gasteiger partial charge in [-0.2, -0.15) is 0 Å². The molecule has 0 saturated heterocycles. The number of pyridine rings is 1. The van der Waals surface area contributed by atoms with Gasteiger partial charge in [0.25, 0.3) is 5.91 Å². The Kier molecular flexibility index (Phi) is 4.39. The first-order valence-electron chi connectivity index (χ1n) is 4.29. The van der Waals surface area contributed by atoms with Crippen LogP contribution in [0.5, 0.6) is 0 Å². The number of amides is 1. The van der Waals surface area contributed by atoms with E-state index >= 15 is 0 Å². The van der Waals surface area contributed by atoms with Gasteiger partial charge in [-0.15, -0.1) is 0 Å². The molecule has 0 radical (unpaired) electrons. The normalized spacial score (nSPS) is 11.1. The van der Waals surface area contributed by atoms with Gasteiger partial charge in [0.2, 0.25) is 10.0 Å². The Hall–Kier alpha value is -0.990. The third-order valence-electron chi connectivity index (χ3n) is 1.68. The number of nitrogens with two attached hydrogens (primary N) is 1. The number of rotatable bonds is 4. The molecule has 0 bridgehead atoms. The molecule has 0 saturated carbocycles. The Bertz CT molecular complexity index is 489. The second-order valence-electron chi connectivity index (χ2n) is 2.96. The summed E-state index contributed by atoms with van der Waals surface area (Å²) in [6, 6.07) is 3.18. The third-order valence-corrected chi connectivity index (χ3v) is 3.08. The molecule has 8 heteroatoms. The number of halogens is 1. The van der Waals surface area contributed by atoms with E-state index in [0.717, 1.165) is 0 Å². The predicted molar refractivity (Wildman–Crippen MR) is 62.2 cm³/mol. The van der Waals surface area contributed by atoms with Gasteiger partial charge >= 0.3 is 0 Å². The van der Waals surface area contributed by atoms with Crippen molar-refractivity contribution in [1.29, 1.82) is 0 Å². The maximum Gasteiger partial charge on any atom is 0.254 e. The zero-order valence-corrected chi connectivity index (χ0v) is 10.6. The summed E-state index contributed by atoms with van der Waals surface area (Å²) in [5.41, 5.74) is 0.344. The summed E-state index contributed by atoms with van der Waals surface area (Å²) in [6.07, 6.45) is 1.53. The SMILES string of the molecule is NS(=O)(=O)CCNC(=O)c1cccnc1Br. The highest BCUT2D eigenvalue weighted by Gasteiger charge is 2.10. The molecule has 0 spiro atoms. The van der Waals surface area contributed by atoms with Gasteiger partial charge in [0.1, 0.15) is 4.60 Å². The molecule has 1 rings (SSSR count). The van der Waals surface area contributed by atoms with Crippen LogP contribution in [0.4, 0.5) is 0 Å². The van der Waals surface area contributed by atoms with Crippen LogP contribution in [0, 0.1) is 0 Å². The lowest BCUT2D eigenvalue weighted by Gasteiger charge is -2.04. The highest BCUT2D eigenvalue weighted by atomic mass is 79.9. The van der Waals surface area contributed by atoms with Gasteiger partial charge < -0.3 is 5.32 Å². The van der Waals surface area contributed by atoms with Gasteiger partial charge in [0.15, 0.2) is 0 Å². The quantitative estimate of drug-likeness (QED) is 0.756. The fraction of sp³-hybridized carbons (Fsp3) is 0.250. The minimum Gasteiger partial charge on any atom is -0.351 e. The van der Waals surface area contributed by atoms with Crippen LogP contribution in [-0.2, 0) is 10.0 Å². The van der Waals surface area contributed by atoms with Crippen molar-refractivity contribution in [2.24, 2.45) is 5.14 Å². The van der Waals surface area contributed by atoms with E-state index < -0.39 is 15.9 Å². The molecule has 88 valence electrons. The fourth-order valence-corrected chi connectivity index (χ4v) is 1.77.